The third-order valence-corrected chi connectivity index (χ3v) is 4.59. The molecule has 9 atom stereocenters. The molecular weight excluding hydrogens is 318 g/mol. The molecule has 0 amide bonds. The first-order chi connectivity index (χ1) is 11.3. The Morgan fingerprint density at radius 2 is 1.96 bits per heavy atom. The highest BCUT2D eigenvalue weighted by molar-refractivity contribution is 5.31. The van der Waals surface area contributed by atoms with Crippen LogP contribution in [0.1, 0.15) is 13.3 Å². The minimum absolute atomic E-state index is 0.262. The number of hydrogen-bond acceptors (Lipinski definition) is 10. The summed E-state index contributed by atoms with van der Waals surface area (Å²) in [5.41, 5.74) is 16.9. The van der Waals surface area contributed by atoms with E-state index < -0.39 is 54.9 Å². The Hall–Kier alpha value is -0.980. The lowest BCUT2D eigenvalue weighted by Crippen LogP contribution is -2.74. The van der Waals surface area contributed by atoms with E-state index in [0.29, 0.717) is 0 Å². The molecule has 2 saturated heterocycles. The largest absolute Gasteiger partial charge is 0.378 e. The molecule has 2 aliphatic rings. The molecule has 0 radical (unpaired) electrons. The first kappa shape index (κ1) is 19.3. The minimum atomic E-state index is -1.40. The van der Waals surface area contributed by atoms with Crippen molar-refractivity contribution in [1.29, 1.82) is 0 Å². The van der Waals surface area contributed by atoms with E-state index in [1.54, 1.807) is 6.92 Å². The maximum absolute atomic E-state index is 9.69. The molecule has 0 spiro atoms. The molecule has 0 aromatic carbocycles. The Labute approximate surface area is 141 Å². The zero-order valence-corrected chi connectivity index (χ0v) is 13.9. The van der Waals surface area contributed by atoms with Gasteiger partial charge in [0.25, 0.3) is 0 Å². The Morgan fingerprint density at radius 3 is 2.50 bits per heavy atom. The van der Waals surface area contributed by atoms with E-state index in [-0.39, 0.29) is 6.42 Å². The molecule has 2 heterocycles. The normalized spacial score (nSPS) is 49.6. The number of aliphatic hydroxyl groups is 1. The fourth-order valence-corrected chi connectivity index (χ4v) is 3.14. The van der Waals surface area contributed by atoms with Crippen molar-refractivity contribution < 1.29 is 24.1 Å². The highest BCUT2D eigenvalue weighted by atomic mass is 16.7. The Bertz CT molecular complexity index is 469. The van der Waals surface area contributed by atoms with Gasteiger partial charge in [0.05, 0.1) is 18.2 Å². The summed E-state index contributed by atoms with van der Waals surface area (Å²) in [5.74, 6) is 0. The molecule has 0 saturated carbocycles. The van der Waals surface area contributed by atoms with Gasteiger partial charge in [-0.15, -0.1) is 0 Å². The first-order valence-corrected chi connectivity index (χ1v) is 7.69. The summed E-state index contributed by atoms with van der Waals surface area (Å²) < 4.78 is 22.3. The fourth-order valence-electron chi connectivity index (χ4n) is 3.14. The monoisotopic (exact) mass is 345 g/mol. The Kier molecular flexibility index (Phi) is 6.04. The van der Waals surface area contributed by atoms with Gasteiger partial charge in [0, 0.05) is 13.5 Å². The topological polar surface area (TPSA) is 160 Å². The second-order valence-electron chi connectivity index (χ2n) is 6.08. The predicted molar refractivity (Wildman–Crippen MR) is 87.5 cm³/mol. The average molecular weight is 345 g/mol. The summed E-state index contributed by atoms with van der Waals surface area (Å²) in [4.78, 5) is 7.77. The van der Waals surface area contributed by atoms with Crippen molar-refractivity contribution in [3.63, 3.8) is 0 Å². The Morgan fingerprint density at radius 1 is 1.29 bits per heavy atom. The highest BCUT2D eigenvalue weighted by Crippen LogP contribution is 2.32. The molecule has 138 valence electrons. The molecular formula is C14H27N5O5. The summed E-state index contributed by atoms with van der Waals surface area (Å²) >= 11 is 0. The zero-order chi connectivity index (χ0) is 18.1. The van der Waals surface area contributed by atoms with E-state index in [1.807, 2.05) is 0 Å². The van der Waals surface area contributed by atoms with Gasteiger partial charge in [-0.05, 0) is 20.4 Å². The number of ether oxygens (including phenoxy) is 4. The molecule has 10 nitrogen and oxygen atoms in total. The fraction of sp³-hybridized carbons (Fsp3) is 0.857. The molecule has 0 aromatic rings. The summed E-state index contributed by atoms with van der Waals surface area (Å²) in [5, 5.41) is 9.69. The third kappa shape index (κ3) is 3.37. The molecule has 2 rings (SSSR count). The van der Waals surface area contributed by atoms with Gasteiger partial charge in [0.2, 0.25) is 0 Å². The van der Waals surface area contributed by atoms with Crippen LogP contribution in [-0.4, -0.2) is 80.5 Å². The lowest BCUT2D eigenvalue weighted by molar-refractivity contribution is -0.303. The smallest absolute Gasteiger partial charge is 0.177 e. The first-order valence-electron chi connectivity index (χ1n) is 7.69. The van der Waals surface area contributed by atoms with Crippen LogP contribution < -0.4 is 17.2 Å². The van der Waals surface area contributed by atoms with E-state index in [1.165, 1.54) is 7.11 Å². The van der Waals surface area contributed by atoms with Crippen molar-refractivity contribution in [2.45, 2.75) is 68.2 Å². The van der Waals surface area contributed by atoms with E-state index in [0.717, 1.165) is 0 Å². The molecule has 2 fully saturated rings. The minimum Gasteiger partial charge on any atom is -0.378 e. The number of rotatable bonds is 5. The van der Waals surface area contributed by atoms with Crippen molar-refractivity contribution >= 4 is 13.4 Å². The van der Waals surface area contributed by atoms with Gasteiger partial charge in [0.1, 0.15) is 18.4 Å². The second kappa shape index (κ2) is 7.50. The summed E-state index contributed by atoms with van der Waals surface area (Å²) in [6.07, 6.45) is -3.96. The summed E-state index contributed by atoms with van der Waals surface area (Å²) in [6.45, 7) is 8.70. The van der Waals surface area contributed by atoms with E-state index in [2.05, 4.69) is 23.4 Å². The maximum Gasteiger partial charge on any atom is 0.177 e. The van der Waals surface area contributed by atoms with Crippen molar-refractivity contribution in [2.75, 3.05) is 7.11 Å². The molecule has 0 bridgehead atoms. The number of aliphatic imine (C=N–C) groups is 2. The zero-order valence-electron chi connectivity index (χ0n) is 13.9. The van der Waals surface area contributed by atoms with Gasteiger partial charge < -0.3 is 41.3 Å². The lowest BCUT2D eigenvalue weighted by atomic mass is 9.90. The van der Waals surface area contributed by atoms with Crippen LogP contribution in [0, 0.1) is 0 Å². The van der Waals surface area contributed by atoms with Crippen LogP contribution in [0.4, 0.5) is 0 Å². The molecule has 1 unspecified atom stereocenters. The second-order valence-corrected chi connectivity index (χ2v) is 6.08. The summed E-state index contributed by atoms with van der Waals surface area (Å²) in [7, 11) is 1.53. The lowest BCUT2D eigenvalue weighted by Gasteiger charge is -2.48. The third-order valence-electron chi connectivity index (χ3n) is 4.59. The molecule has 24 heavy (non-hydrogen) atoms. The quantitative estimate of drug-likeness (QED) is 0.412. The molecule has 0 aliphatic carbocycles. The average Bonchev–Trinajstić information content (AvgIpc) is 2.54. The number of nitrogens with zero attached hydrogens (tertiary/aromatic N) is 2. The van der Waals surface area contributed by atoms with E-state index >= 15 is 0 Å². The van der Waals surface area contributed by atoms with E-state index in [9.17, 15) is 5.11 Å². The van der Waals surface area contributed by atoms with Gasteiger partial charge in [-0.2, -0.15) is 0 Å². The van der Waals surface area contributed by atoms with Crippen LogP contribution >= 0.6 is 0 Å². The van der Waals surface area contributed by atoms with Crippen LogP contribution in [0.5, 0.6) is 0 Å². The SMILES string of the molecule is C=N[C@H]1[C@@H](N)C(O[C@@H]2[C@H](C)O[C@@H](O)C[C@@H]2OC)O[C@@H](N)[C@@]1(N)N=C. The van der Waals surface area contributed by atoms with Gasteiger partial charge in [-0.3, -0.25) is 9.98 Å². The molecule has 0 aromatic heterocycles. The van der Waals surface area contributed by atoms with Crippen molar-refractivity contribution in [3.05, 3.63) is 0 Å². The van der Waals surface area contributed by atoms with Crippen molar-refractivity contribution in [2.24, 2.45) is 27.2 Å². The van der Waals surface area contributed by atoms with Crippen LogP contribution in [0.25, 0.3) is 0 Å². The van der Waals surface area contributed by atoms with Gasteiger partial charge in [-0.25, -0.2) is 0 Å². The number of methoxy groups -OCH3 is 1. The Balaban J connectivity index is 2.17. The molecule has 7 N–H and O–H groups in total. The molecule has 10 heteroatoms. The maximum atomic E-state index is 9.69. The predicted octanol–water partition coefficient (Wildman–Crippen LogP) is -2.09. The number of hydrogen-bond donors (Lipinski definition) is 4. The standard InChI is InChI=1S/C14H27N5O5/c1-6-10(7(21-4)5-8(20)22-6)23-12-9(15)11(18-2)14(17,19-3)13(16)24-12/h6-13,20H,2-3,5,15-17H2,1,4H3/t6-,7-,8+,9+,10+,11-,12?,13+,14-/m0/s1. The van der Waals surface area contributed by atoms with E-state index in [4.69, 9.17) is 36.1 Å². The number of nitrogens with two attached hydrogens (primary N) is 3. The van der Waals surface area contributed by atoms with Crippen LogP contribution in [-0.2, 0) is 18.9 Å². The van der Waals surface area contributed by atoms with Crippen LogP contribution in [0.3, 0.4) is 0 Å². The van der Waals surface area contributed by atoms with Gasteiger partial charge in [0.15, 0.2) is 18.2 Å². The highest BCUT2D eigenvalue weighted by Gasteiger charge is 2.53. The van der Waals surface area contributed by atoms with Crippen LogP contribution in [0.2, 0.25) is 0 Å². The molecule has 2 aliphatic heterocycles. The number of aliphatic hydroxyl groups excluding tert-OH is 1. The van der Waals surface area contributed by atoms with Crippen molar-refractivity contribution in [1.82, 2.24) is 0 Å². The van der Waals surface area contributed by atoms with Crippen LogP contribution in [0.15, 0.2) is 9.98 Å². The van der Waals surface area contributed by atoms with Gasteiger partial charge >= 0.3 is 0 Å². The van der Waals surface area contributed by atoms with Crippen molar-refractivity contribution in [3.8, 4) is 0 Å². The van der Waals surface area contributed by atoms with Gasteiger partial charge in [-0.1, -0.05) is 0 Å². The summed E-state index contributed by atoms with van der Waals surface area (Å²) in [6, 6.07) is -1.51.